The summed E-state index contributed by atoms with van der Waals surface area (Å²) in [6.45, 7) is 3.58. The number of aromatic nitrogens is 4. The summed E-state index contributed by atoms with van der Waals surface area (Å²) in [7, 11) is 1.46. The molecular weight excluding hydrogens is 224 g/mol. The zero-order valence-corrected chi connectivity index (χ0v) is 9.80. The van der Waals surface area contributed by atoms with Crippen molar-refractivity contribution in [3.05, 3.63) is 33.8 Å². The third kappa shape index (κ3) is 2.32. The maximum Gasteiger partial charge on any atom is 0.299 e. The molecule has 90 valence electrons. The van der Waals surface area contributed by atoms with E-state index in [-0.39, 0.29) is 18.1 Å². The van der Waals surface area contributed by atoms with E-state index in [0.29, 0.717) is 17.4 Å². The molecule has 2 heterocycles. The Hall–Kier alpha value is -2.18. The summed E-state index contributed by atoms with van der Waals surface area (Å²) >= 11 is 0. The molecule has 0 aliphatic heterocycles. The highest BCUT2D eigenvalue weighted by Gasteiger charge is 2.11. The summed E-state index contributed by atoms with van der Waals surface area (Å²) in [5, 5.41) is 3.65. The molecule has 7 heteroatoms. The first-order chi connectivity index (χ1) is 8.10. The van der Waals surface area contributed by atoms with Gasteiger partial charge in [-0.05, 0) is 13.8 Å². The molecule has 0 bridgehead atoms. The van der Waals surface area contributed by atoms with Crippen LogP contribution in [0.1, 0.15) is 17.4 Å². The molecule has 7 nitrogen and oxygen atoms in total. The zero-order chi connectivity index (χ0) is 12.4. The van der Waals surface area contributed by atoms with Crippen molar-refractivity contribution in [1.82, 2.24) is 19.7 Å². The number of hydrogen-bond acceptors (Lipinski definition) is 6. The number of methoxy groups -OCH3 is 1. The Morgan fingerprint density at radius 3 is 2.76 bits per heavy atom. The molecule has 17 heavy (non-hydrogen) atoms. The monoisotopic (exact) mass is 236 g/mol. The second kappa shape index (κ2) is 4.36. The van der Waals surface area contributed by atoms with Crippen LogP contribution in [-0.4, -0.2) is 26.8 Å². The fourth-order valence-corrected chi connectivity index (χ4v) is 1.44. The van der Waals surface area contributed by atoms with Crippen molar-refractivity contribution in [2.45, 2.75) is 20.4 Å². The molecule has 0 radical (unpaired) electrons. The van der Waals surface area contributed by atoms with Gasteiger partial charge in [-0.1, -0.05) is 5.16 Å². The van der Waals surface area contributed by atoms with Gasteiger partial charge >= 0.3 is 0 Å². The minimum Gasteiger partial charge on any atom is -0.468 e. The lowest BCUT2D eigenvalue weighted by Gasteiger charge is -2.08. The van der Waals surface area contributed by atoms with E-state index in [4.69, 9.17) is 9.26 Å². The minimum atomic E-state index is -0.217. The van der Waals surface area contributed by atoms with Crippen LogP contribution in [0, 0.1) is 13.8 Å². The van der Waals surface area contributed by atoms with Gasteiger partial charge in [0.05, 0.1) is 7.11 Å². The lowest BCUT2D eigenvalue weighted by molar-refractivity contribution is 0.325. The molecule has 0 saturated carbocycles. The van der Waals surface area contributed by atoms with E-state index in [1.165, 1.54) is 17.7 Å². The molecule has 0 unspecified atom stereocenters. The average Bonchev–Trinajstić information content (AvgIpc) is 2.67. The lowest BCUT2D eigenvalue weighted by atomic mass is 10.4. The number of ether oxygens (including phenoxy) is 1. The first-order valence-electron chi connectivity index (χ1n) is 5.02. The van der Waals surface area contributed by atoms with Gasteiger partial charge in [-0.15, -0.1) is 0 Å². The van der Waals surface area contributed by atoms with E-state index in [1.54, 1.807) is 13.8 Å². The Labute approximate surface area is 97.1 Å². The van der Waals surface area contributed by atoms with Gasteiger partial charge < -0.3 is 9.26 Å². The van der Waals surface area contributed by atoms with Gasteiger partial charge in [0, 0.05) is 11.8 Å². The van der Waals surface area contributed by atoms with Crippen molar-refractivity contribution < 1.29 is 9.26 Å². The molecule has 0 aliphatic rings. The summed E-state index contributed by atoms with van der Waals surface area (Å²) in [5.41, 5.74) is 0.384. The Balaban J connectivity index is 2.41. The summed E-state index contributed by atoms with van der Waals surface area (Å²) in [6, 6.07) is 1.65. The standard InChI is InChI=1S/C10H12N4O3/c1-6-4-9(15)14(10(11-6)16-3)5-8-12-7(2)13-17-8/h4H,5H2,1-3H3. The van der Waals surface area contributed by atoms with Crippen molar-refractivity contribution in [2.75, 3.05) is 7.11 Å². The molecule has 0 aromatic carbocycles. The fourth-order valence-electron chi connectivity index (χ4n) is 1.44. The molecule has 0 spiro atoms. The molecule has 0 saturated heterocycles. The van der Waals surface area contributed by atoms with Gasteiger partial charge in [0.15, 0.2) is 5.82 Å². The molecule has 0 N–H and O–H groups in total. The van der Waals surface area contributed by atoms with E-state index in [9.17, 15) is 4.79 Å². The summed E-state index contributed by atoms with van der Waals surface area (Å²) < 4.78 is 11.3. The largest absolute Gasteiger partial charge is 0.468 e. The van der Waals surface area contributed by atoms with Crippen LogP contribution in [-0.2, 0) is 6.54 Å². The Morgan fingerprint density at radius 1 is 1.41 bits per heavy atom. The van der Waals surface area contributed by atoms with Gasteiger partial charge in [-0.2, -0.15) is 4.98 Å². The van der Waals surface area contributed by atoms with Crippen molar-refractivity contribution in [3.63, 3.8) is 0 Å². The second-order valence-corrected chi connectivity index (χ2v) is 3.54. The van der Waals surface area contributed by atoms with Gasteiger partial charge in [-0.25, -0.2) is 4.98 Å². The number of hydrogen-bond donors (Lipinski definition) is 0. The van der Waals surface area contributed by atoms with Crippen LogP contribution in [0.4, 0.5) is 0 Å². The molecule has 0 aliphatic carbocycles. The lowest BCUT2D eigenvalue weighted by Crippen LogP contribution is -2.23. The predicted molar refractivity (Wildman–Crippen MR) is 57.9 cm³/mol. The van der Waals surface area contributed by atoms with Gasteiger partial charge in [0.25, 0.3) is 11.6 Å². The predicted octanol–water partition coefficient (Wildman–Crippen LogP) is 0.300. The topological polar surface area (TPSA) is 83.0 Å². The first-order valence-corrected chi connectivity index (χ1v) is 5.02. The van der Waals surface area contributed by atoms with Gasteiger partial charge in [0.2, 0.25) is 5.89 Å². The Bertz CT molecular complexity index is 587. The maximum absolute atomic E-state index is 11.8. The highest BCUT2D eigenvalue weighted by molar-refractivity contribution is 5.07. The first kappa shape index (κ1) is 11.3. The number of nitrogens with zero attached hydrogens (tertiary/aromatic N) is 4. The van der Waals surface area contributed by atoms with E-state index in [0.717, 1.165) is 0 Å². The summed E-state index contributed by atoms with van der Waals surface area (Å²) in [6.07, 6.45) is 0. The SMILES string of the molecule is COc1nc(C)cc(=O)n1Cc1nc(C)no1. The smallest absolute Gasteiger partial charge is 0.299 e. The summed E-state index contributed by atoms with van der Waals surface area (Å²) in [5.74, 6) is 0.862. The molecule has 0 fully saturated rings. The van der Waals surface area contributed by atoms with Crippen LogP contribution in [0.25, 0.3) is 0 Å². The highest BCUT2D eigenvalue weighted by Crippen LogP contribution is 2.07. The fraction of sp³-hybridized carbons (Fsp3) is 0.400. The number of rotatable bonds is 3. The van der Waals surface area contributed by atoms with E-state index in [1.807, 2.05) is 0 Å². The second-order valence-electron chi connectivity index (χ2n) is 3.54. The average molecular weight is 236 g/mol. The van der Waals surface area contributed by atoms with E-state index >= 15 is 0 Å². The summed E-state index contributed by atoms with van der Waals surface area (Å²) in [4.78, 5) is 19.9. The van der Waals surface area contributed by atoms with Crippen LogP contribution in [0.15, 0.2) is 15.4 Å². The van der Waals surface area contributed by atoms with Crippen molar-refractivity contribution >= 4 is 0 Å². The van der Waals surface area contributed by atoms with E-state index < -0.39 is 0 Å². The number of aryl methyl sites for hydroxylation is 2. The zero-order valence-electron chi connectivity index (χ0n) is 9.80. The van der Waals surface area contributed by atoms with Gasteiger partial charge in [0.1, 0.15) is 6.54 Å². The third-order valence-corrected chi connectivity index (χ3v) is 2.15. The van der Waals surface area contributed by atoms with Gasteiger partial charge in [-0.3, -0.25) is 9.36 Å². The van der Waals surface area contributed by atoms with Crippen molar-refractivity contribution in [1.29, 1.82) is 0 Å². The van der Waals surface area contributed by atoms with Crippen LogP contribution >= 0.6 is 0 Å². The van der Waals surface area contributed by atoms with Crippen LogP contribution in [0.3, 0.4) is 0 Å². The molecule has 0 amide bonds. The van der Waals surface area contributed by atoms with Crippen LogP contribution in [0.5, 0.6) is 6.01 Å². The normalized spacial score (nSPS) is 10.5. The minimum absolute atomic E-state index is 0.149. The van der Waals surface area contributed by atoms with E-state index in [2.05, 4.69) is 15.1 Å². The molecule has 2 rings (SSSR count). The Kier molecular flexibility index (Phi) is 2.90. The van der Waals surface area contributed by atoms with Crippen molar-refractivity contribution in [3.8, 4) is 6.01 Å². The van der Waals surface area contributed by atoms with Crippen molar-refractivity contribution in [2.24, 2.45) is 0 Å². The quantitative estimate of drug-likeness (QED) is 0.762. The van der Waals surface area contributed by atoms with Crippen LogP contribution in [0.2, 0.25) is 0 Å². The molecule has 2 aromatic heterocycles. The molecule has 2 aromatic rings. The Morgan fingerprint density at radius 2 is 2.18 bits per heavy atom. The highest BCUT2D eigenvalue weighted by atomic mass is 16.5. The van der Waals surface area contributed by atoms with Crippen LogP contribution < -0.4 is 10.3 Å². The molecule has 0 atom stereocenters. The third-order valence-electron chi connectivity index (χ3n) is 2.15. The maximum atomic E-state index is 11.8. The molecular formula is C10H12N4O3.